The zero-order chi connectivity index (χ0) is 26.4. The third kappa shape index (κ3) is 8.78. The Balaban J connectivity index is 0.000000210. The van der Waals surface area contributed by atoms with Crippen LogP contribution in [0.3, 0.4) is 0 Å². The fourth-order valence-electron chi connectivity index (χ4n) is 4.56. The van der Waals surface area contributed by atoms with Crippen LogP contribution < -0.4 is 24.8 Å². The minimum Gasteiger partial charge on any atom is -1.00 e. The van der Waals surface area contributed by atoms with Gasteiger partial charge >= 0.3 is 112 Å². The van der Waals surface area contributed by atoms with Crippen LogP contribution in [0.25, 0.3) is 11.1 Å². The summed E-state index contributed by atoms with van der Waals surface area (Å²) in [4.78, 5) is 0. The molecule has 0 nitrogen and oxygen atoms in total. The van der Waals surface area contributed by atoms with Gasteiger partial charge in [-0.2, -0.15) is 52.6 Å². The smallest absolute Gasteiger partial charge is 0.0253 e. The zero-order valence-electron chi connectivity index (χ0n) is 23.3. The predicted molar refractivity (Wildman–Crippen MR) is 155 cm³/mol. The van der Waals surface area contributed by atoms with E-state index in [2.05, 4.69) is 138 Å². The first-order valence-corrected chi connectivity index (χ1v) is 14.1. The van der Waals surface area contributed by atoms with E-state index in [4.69, 9.17) is 0 Å². The minimum atomic E-state index is 0. The largest absolute Gasteiger partial charge is 1.00 e. The molecule has 0 fully saturated rings. The van der Waals surface area contributed by atoms with Crippen LogP contribution in [0, 0.1) is 40.7 Å². The molecule has 0 atom stereocenters. The van der Waals surface area contributed by atoms with Gasteiger partial charge in [0.25, 0.3) is 0 Å². The summed E-state index contributed by atoms with van der Waals surface area (Å²) >= 11 is 1.46. The van der Waals surface area contributed by atoms with E-state index in [-0.39, 0.29) is 24.8 Å². The zero-order valence-corrected chi connectivity index (χ0v) is 27.2. The molecule has 1 aliphatic rings. The molecular formula is C36H34Cl2Zr-2. The second-order valence-electron chi connectivity index (χ2n) is 9.90. The van der Waals surface area contributed by atoms with Crippen LogP contribution in [0.4, 0.5) is 0 Å². The van der Waals surface area contributed by atoms with Crippen molar-refractivity contribution in [1.82, 2.24) is 0 Å². The van der Waals surface area contributed by atoms with Gasteiger partial charge in [-0.3, -0.25) is 0 Å². The van der Waals surface area contributed by atoms with E-state index in [1.165, 1.54) is 88.6 Å². The van der Waals surface area contributed by atoms with Crippen LogP contribution in [0.5, 0.6) is 0 Å². The maximum Gasteiger partial charge on any atom is -0.0253 e. The number of rotatable bonds is 2. The van der Waals surface area contributed by atoms with Crippen molar-refractivity contribution in [2.24, 2.45) is 0 Å². The molecule has 0 spiro atoms. The summed E-state index contributed by atoms with van der Waals surface area (Å²) in [6, 6.07) is 40.0. The standard InChI is InChI=1S/C15H14.C13H9.C8H11.2ClH.Zr/c1-12-3-7-14(8-4-12)11-15-9-5-13(2)6-10-15;1-3-7-12-10(5-1)9-11-6-2-4-8-13(11)12;1-6-4-7(2)8(3)5-6;;;/h3-10H,1-2H3;1-5,7-8H,9H2;4-5H,1-3H3;2*1H;/q;2*-1;;;+2/p-2. The summed E-state index contributed by atoms with van der Waals surface area (Å²) in [5.74, 6) is 0. The number of aryl methyl sites for hydroxylation is 5. The van der Waals surface area contributed by atoms with Crippen LogP contribution in [0.1, 0.15) is 50.1 Å². The fourth-order valence-corrected chi connectivity index (χ4v) is 5.38. The monoisotopic (exact) mass is 626 g/mol. The molecule has 3 heteroatoms. The van der Waals surface area contributed by atoms with Crippen molar-refractivity contribution >= 4 is 3.21 Å². The van der Waals surface area contributed by atoms with Crippen molar-refractivity contribution in [3.05, 3.63) is 159 Å². The Morgan fingerprint density at radius 3 is 1.72 bits per heavy atom. The number of fused-ring (bicyclic) bond motifs is 3. The van der Waals surface area contributed by atoms with E-state index in [9.17, 15) is 0 Å². The quantitative estimate of drug-likeness (QED) is 0.259. The molecule has 0 heterocycles. The third-order valence-corrected chi connectivity index (χ3v) is 8.23. The Bertz CT molecular complexity index is 1380. The molecule has 0 unspecified atom stereocenters. The van der Waals surface area contributed by atoms with Gasteiger partial charge < -0.3 is 24.8 Å². The Labute approximate surface area is 262 Å². The Kier molecular flexibility index (Phi) is 12.9. The molecule has 39 heavy (non-hydrogen) atoms. The van der Waals surface area contributed by atoms with Crippen molar-refractivity contribution in [3.8, 4) is 11.1 Å². The molecule has 0 amide bonds. The van der Waals surface area contributed by atoms with Gasteiger partial charge in [0.1, 0.15) is 0 Å². The number of hydrogen-bond donors (Lipinski definition) is 0. The first kappa shape index (κ1) is 32.8. The molecule has 6 rings (SSSR count). The average molecular weight is 629 g/mol. The van der Waals surface area contributed by atoms with Crippen LogP contribution in [-0.2, 0) is 30.7 Å². The summed E-state index contributed by atoms with van der Waals surface area (Å²) in [5.41, 5.74) is 15.0. The maximum atomic E-state index is 3.30. The van der Waals surface area contributed by atoms with Gasteiger partial charge in [0.15, 0.2) is 0 Å². The second-order valence-corrected chi connectivity index (χ2v) is 11.1. The summed E-state index contributed by atoms with van der Waals surface area (Å²) in [6.07, 6.45) is 1.05. The number of halogens is 2. The molecule has 5 aromatic rings. The second kappa shape index (κ2) is 15.4. The van der Waals surface area contributed by atoms with Crippen molar-refractivity contribution in [3.63, 3.8) is 0 Å². The summed E-state index contributed by atoms with van der Waals surface area (Å²) in [5, 5.41) is 0. The third-order valence-electron chi connectivity index (χ3n) is 6.81. The van der Waals surface area contributed by atoms with Gasteiger partial charge in [0, 0.05) is 0 Å². The molecule has 0 aromatic heterocycles. The molecule has 0 N–H and O–H groups in total. The SMILES string of the molecule is Cc1cc(C)c(C)[cH-]1.Cc1ccc([C](=[Zr+2])c2ccc(C)cc2)cc1.[Cl-].[Cl-].[c-]1cccc2c1Cc1ccccc1-2. The molecule has 0 bridgehead atoms. The Hall–Kier alpha value is -2.44. The maximum absolute atomic E-state index is 3.30. The summed E-state index contributed by atoms with van der Waals surface area (Å²) in [6.45, 7) is 10.7. The topological polar surface area (TPSA) is 0 Å². The fraction of sp³-hybridized carbons (Fsp3) is 0.167. The average Bonchev–Trinajstić information content (AvgIpc) is 3.43. The van der Waals surface area contributed by atoms with Gasteiger partial charge in [0.2, 0.25) is 0 Å². The summed E-state index contributed by atoms with van der Waals surface area (Å²) in [7, 11) is 0. The molecule has 0 saturated heterocycles. The van der Waals surface area contributed by atoms with Gasteiger partial charge in [-0.1, -0.05) is 56.2 Å². The van der Waals surface area contributed by atoms with E-state index in [0.29, 0.717) is 0 Å². The van der Waals surface area contributed by atoms with Crippen LogP contribution in [0.2, 0.25) is 0 Å². The summed E-state index contributed by atoms with van der Waals surface area (Å²) < 4.78 is 1.42. The molecular weight excluding hydrogens is 595 g/mol. The molecule has 5 aromatic carbocycles. The van der Waals surface area contributed by atoms with Crippen molar-refractivity contribution in [2.75, 3.05) is 0 Å². The first-order chi connectivity index (χ1) is 17.8. The van der Waals surface area contributed by atoms with Gasteiger partial charge in [-0.05, 0) is 6.42 Å². The molecule has 0 radical (unpaired) electrons. The van der Waals surface area contributed by atoms with Crippen molar-refractivity contribution in [1.29, 1.82) is 0 Å². The van der Waals surface area contributed by atoms with Crippen molar-refractivity contribution in [2.45, 2.75) is 41.0 Å². The minimum absolute atomic E-state index is 0. The predicted octanol–water partition coefficient (Wildman–Crippen LogP) is 2.82. The Morgan fingerprint density at radius 2 is 1.23 bits per heavy atom. The normalized spacial score (nSPS) is 10.3. The van der Waals surface area contributed by atoms with E-state index < -0.39 is 0 Å². The molecule has 1 aliphatic carbocycles. The van der Waals surface area contributed by atoms with Crippen LogP contribution >= 0.6 is 0 Å². The van der Waals surface area contributed by atoms with Crippen LogP contribution in [0.15, 0.2) is 103 Å². The first-order valence-electron chi connectivity index (χ1n) is 12.8. The van der Waals surface area contributed by atoms with E-state index in [0.717, 1.165) is 6.42 Å². The molecule has 0 saturated carbocycles. The number of benzene rings is 4. The van der Waals surface area contributed by atoms with Gasteiger partial charge in [-0.25, -0.2) is 6.07 Å². The van der Waals surface area contributed by atoms with E-state index in [1.54, 1.807) is 0 Å². The van der Waals surface area contributed by atoms with Gasteiger partial charge in [-0.15, -0.1) is 5.56 Å². The van der Waals surface area contributed by atoms with Crippen LogP contribution in [-0.4, -0.2) is 3.21 Å². The van der Waals surface area contributed by atoms with E-state index >= 15 is 0 Å². The van der Waals surface area contributed by atoms with Gasteiger partial charge in [0.05, 0.1) is 0 Å². The van der Waals surface area contributed by atoms with E-state index in [1.807, 2.05) is 6.07 Å². The van der Waals surface area contributed by atoms with Crippen molar-refractivity contribution < 1.29 is 49.0 Å². The number of hydrogen-bond acceptors (Lipinski definition) is 0. The Morgan fingerprint density at radius 1 is 0.692 bits per heavy atom. The molecule has 198 valence electrons. The molecule has 0 aliphatic heterocycles.